The van der Waals surface area contributed by atoms with E-state index in [1.165, 1.54) is 0 Å². The summed E-state index contributed by atoms with van der Waals surface area (Å²) < 4.78 is 2.13. The van der Waals surface area contributed by atoms with Crippen LogP contribution in [-0.4, -0.2) is 37.4 Å². The third-order valence-corrected chi connectivity index (χ3v) is 6.03. The number of nitrogens with zero attached hydrogens (tertiary/aromatic N) is 4. The van der Waals surface area contributed by atoms with Gasteiger partial charge >= 0.3 is 0 Å². The zero-order valence-electron chi connectivity index (χ0n) is 16.9. The Morgan fingerprint density at radius 1 is 1.17 bits per heavy atom. The normalized spacial score (nSPS) is 18.7. The van der Waals surface area contributed by atoms with Gasteiger partial charge in [-0.3, -0.25) is 9.89 Å². The second-order valence-electron chi connectivity index (χ2n) is 7.83. The molecule has 4 aromatic rings. The molecule has 2 aromatic carbocycles. The van der Waals surface area contributed by atoms with Crippen LogP contribution >= 0.6 is 0 Å². The number of rotatable bonds is 5. The Kier molecular flexibility index (Phi) is 4.78. The fraction of sp³-hybridized carbons (Fsp3) is 0.304. The lowest BCUT2D eigenvalue weighted by Gasteiger charge is -2.15. The predicted octanol–water partition coefficient (Wildman–Crippen LogP) is 3.97. The number of hydrogen-bond donors (Lipinski definition) is 2. The molecule has 1 aliphatic rings. The number of H-pyrrole nitrogens is 1. The van der Waals surface area contributed by atoms with Crippen LogP contribution in [0, 0.1) is 5.92 Å². The van der Waals surface area contributed by atoms with Crippen molar-refractivity contribution in [3.63, 3.8) is 0 Å². The van der Waals surface area contributed by atoms with Gasteiger partial charge in [0.15, 0.2) is 5.82 Å². The molecule has 1 aliphatic carbocycles. The molecule has 0 spiro atoms. The molecule has 2 aromatic heterocycles. The van der Waals surface area contributed by atoms with E-state index >= 15 is 0 Å². The van der Waals surface area contributed by atoms with Crippen LogP contribution < -0.4 is 5.32 Å². The topological polar surface area (TPSA) is 88.5 Å². The number of benzene rings is 2. The Morgan fingerprint density at radius 2 is 2.00 bits per heavy atom. The Labute approximate surface area is 174 Å². The largest absolute Gasteiger partial charge is 0.356 e. The molecule has 2 N–H and O–H groups in total. The highest BCUT2D eigenvalue weighted by Crippen LogP contribution is 2.37. The zero-order chi connectivity index (χ0) is 20.5. The molecule has 1 unspecified atom stereocenters. The van der Waals surface area contributed by atoms with Gasteiger partial charge in [-0.05, 0) is 43.4 Å². The van der Waals surface area contributed by atoms with Gasteiger partial charge in [0.2, 0.25) is 5.91 Å². The second kappa shape index (κ2) is 7.74. The fourth-order valence-corrected chi connectivity index (χ4v) is 4.50. The summed E-state index contributed by atoms with van der Waals surface area (Å²) in [5.74, 6) is 1.08. The number of carbonyl (C=O) groups is 1. The van der Waals surface area contributed by atoms with Crippen molar-refractivity contribution in [3.8, 4) is 22.5 Å². The van der Waals surface area contributed by atoms with Crippen LogP contribution in [0.2, 0.25) is 0 Å². The summed E-state index contributed by atoms with van der Waals surface area (Å²) in [6, 6.07) is 14.8. The van der Waals surface area contributed by atoms with Gasteiger partial charge in [0.25, 0.3) is 0 Å². The van der Waals surface area contributed by atoms with Crippen molar-refractivity contribution >= 4 is 16.8 Å². The molecule has 1 amide bonds. The average Bonchev–Trinajstić information content (AvgIpc) is 3.53. The van der Waals surface area contributed by atoms with Crippen LogP contribution in [0.3, 0.4) is 0 Å². The van der Waals surface area contributed by atoms with Crippen LogP contribution in [0.1, 0.15) is 32.2 Å². The van der Waals surface area contributed by atoms with Crippen LogP contribution in [-0.2, 0) is 4.79 Å². The van der Waals surface area contributed by atoms with Gasteiger partial charge in [0, 0.05) is 29.5 Å². The van der Waals surface area contributed by atoms with Crippen molar-refractivity contribution in [1.82, 2.24) is 30.3 Å². The molecule has 2 atom stereocenters. The minimum atomic E-state index is 0.0722. The molecule has 0 saturated heterocycles. The van der Waals surface area contributed by atoms with Crippen molar-refractivity contribution in [2.75, 3.05) is 6.54 Å². The quantitative estimate of drug-likeness (QED) is 0.531. The second-order valence-corrected chi connectivity index (χ2v) is 7.83. The maximum Gasteiger partial charge on any atom is 0.223 e. The molecule has 1 fully saturated rings. The fourth-order valence-electron chi connectivity index (χ4n) is 4.50. The first-order chi connectivity index (χ1) is 14.7. The molecule has 0 bridgehead atoms. The molecule has 5 rings (SSSR count). The first kappa shape index (κ1) is 18.5. The molecule has 1 saturated carbocycles. The number of nitrogens with one attached hydrogen (secondary N) is 2. The van der Waals surface area contributed by atoms with Crippen molar-refractivity contribution in [3.05, 3.63) is 55.0 Å². The van der Waals surface area contributed by atoms with Crippen molar-refractivity contribution in [2.24, 2.45) is 5.92 Å². The molecule has 2 heterocycles. The number of aromatic amines is 1. The van der Waals surface area contributed by atoms with E-state index < -0.39 is 0 Å². The maximum absolute atomic E-state index is 12.2. The smallest absolute Gasteiger partial charge is 0.223 e. The van der Waals surface area contributed by atoms with E-state index in [2.05, 4.69) is 60.6 Å². The van der Waals surface area contributed by atoms with Crippen LogP contribution in [0.4, 0.5) is 0 Å². The molecule has 0 aliphatic heterocycles. The minimum absolute atomic E-state index is 0.0722. The highest BCUT2D eigenvalue weighted by molar-refractivity contribution is 5.94. The Bertz CT molecular complexity index is 1180. The van der Waals surface area contributed by atoms with E-state index in [0.717, 1.165) is 52.7 Å². The summed E-state index contributed by atoms with van der Waals surface area (Å²) in [5.41, 5.74) is 4.33. The van der Waals surface area contributed by atoms with Crippen molar-refractivity contribution in [1.29, 1.82) is 0 Å². The number of carbonyl (C=O) groups excluding carboxylic acids is 1. The molecule has 0 radical (unpaired) electrons. The lowest BCUT2D eigenvalue weighted by atomic mass is 10.0. The van der Waals surface area contributed by atoms with Crippen LogP contribution in [0.5, 0.6) is 0 Å². The maximum atomic E-state index is 12.2. The van der Waals surface area contributed by atoms with Gasteiger partial charge in [-0.15, -0.1) is 10.2 Å². The molecular weight excluding hydrogens is 376 g/mol. The van der Waals surface area contributed by atoms with E-state index in [1.54, 1.807) is 6.33 Å². The van der Waals surface area contributed by atoms with E-state index in [4.69, 9.17) is 0 Å². The molecule has 30 heavy (non-hydrogen) atoms. The van der Waals surface area contributed by atoms with E-state index in [0.29, 0.717) is 6.54 Å². The first-order valence-electron chi connectivity index (χ1n) is 10.4. The van der Waals surface area contributed by atoms with Gasteiger partial charge < -0.3 is 9.88 Å². The molecule has 7 heteroatoms. The third kappa shape index (κ3) is 3.26. The van der Waals surface area contributed by atoms with Gasteiger partial charge in [-0.2, -0.15) is 5.10 Å². The lowest BCUT2D eigenvalue weighted by Crippen LogP contribution is -2.29. The number of amides is 1. The van der Waals surface area contributed by atoms with Gasteiger partial charge in [0.1, 0.15) is 6.33 Å². The molecule has 7 nitrogen and oxygen atoms in total. The highest BCUT2D eigenvalue weighted by atomic mass is 16.1. The SMILES string of the molecule is CCNC(=O)[C@H]1CCC(n2cnnc2-c2ccc(-c3cccc4[nH]ncc34)cc2)C1. The summed E-state index contributed by atoms with van der Waals surface area (Å²) in [7, 11) is 0. The predicted molar refractivity (Wildman–Crippen MR) is 116 cm³/mol. The van der Waals surface area contributed by atoms with Gasteiger partial charge in [0.05, 0.1) is 11.7 Å². The first-order valence-corrected chi connectivity index (χ1v) is 10.4. The summed E-state index contributed by atoms with van der Waals surface area (Å²) >= 11 is 0. The third-order valence-electron chi connectivity index (χ3n) is 6.03. The van der Waals surface area contributed by atoms with Gasteiger partial charge in [-0.1, -0.05) is 36.4 Å². The summed E-state index contributed by atoms with van der Waals surface area (Å²) in [6.45, 7) is 2.63. The average molecular weight is 400 g/mol. The Morgan fingerprint density at radius 3 is 2.83 bits per heavy atom. The van der Waals surface area contributed by atoms with Crippen LogP contribution in [0.15, 0.2) is 55.0 Å². The molecule has 152 valence electrons. The number of fused-ring (bicyclic) bond motifs is 1. The van der Waals surface area contributed by atoms with E-state index in [9.17, 15) is 4.79 Å². The molecular formula is C23H24N6O. The zero-order valence-corrected chi connectivity index (χ0v) is 16.9. The summed E-state index contributed by atoms with van der Waals surface area (Å²) in [5, 5.41) is 19.8. The van der Waals surface area contributed by atoms with E-state index in [1.807, 2.05) is 25.3 Å². The number of hydrogen-bond acceptors (Lipinski definition) is 4. The minimum Gasteiger partial charge on any atom is -0.356 e. The monoisotopic (exact) mass is 400 g/mol. The van der Waals surface area contributed by atoms with Crippen molar-refractivity contribution in [2.45, 2.75) is 32.2 Å². The Hall–Kier alpha value is -3.48. The lowest BCUT2D eigenvalue weighted by molar-refractivity contribution is -0.124. The highest BCUT2D eigenvalue weighted by Gasteiger charge is 2.31. The summed E-state index contributed by atoms with van der Waals surface area (Å²) in [4.78, 5) is 12.2. The number of aromatic nitrogens is 5. The van der Waals surface area contributed by atoms with Gasteiger partial charge in [-0.25, -0.2) is 0 Å². The van der Waals surface area contributed by atoms with Crippen LogP contribution in [0.25, 0.3) is 33.4 Å². The Balaban J connectivity index is 1.40. The standard InChI is InChI=1S/C23H24N6O/c1-2-24-23(30)17-10-11-18(12-17)29-14-26-28-22(29)16-8-6-15(7-9-16)19-4-3-5-21-20(19)13-25-27-21/h3-9,13-14,17-18H,2,10-12H2,1H3,(H,24,30)(H,25,27)/t17-,18?/m0/s1. The summed E-state index contributed by atoms with van der Waals surface area (Å²) in [6.07, 6.45) is 6.35. The van der Waals surface area contributed by atoms with Crippen molar-refractivity contribution < 1.29 is 4.79 Å². The van der Waals surface area contributed by atoms with E-state index in [-0.39, 0.29) is 17.9 Å².